The van der Waals surface area contributed by atoms with E-state index in [1.807, 2.05) is 31.2 Å². The van der Waals surface area contributed by atoms with Crippen LogP contribution in [0.15, 0.2) is 29.3 Å². The number of guanidine groups is 1. The maximum absolute atomic E-state index is 12.2. The van der Waals surface area contributed by atoms with Gasteiger partial charge in [0.05, 0.1) is 6.54 Å². The molecule has 1 saturated carbocycles. The minimum absolute atomic E-state index is 0. The van der Waals surface area contributed by atoms with Crippen LogP contribution >= 0.6 is 24.0 Å². The van der Waals surface area contributed by atoms with E-state index in [4.69, 9.17) is 14.5 Å². The van der Waals surface area contributed by atoms with Gasteiger partial charge in [0.15, 0.2) is 23.6 Å². The van der Waals surface area contributed by atoms with Gasteiger partial charge < -0.3 is 20.1 Å². The van der Waals surface area contributed by atoms with Crippen molar-refractivity contribution in [3.05, 3.63) is 24.3 Å². The van der Waals surface area contributed by atoms with Crippen molar-refractivity contribution >= 4 is 40.7 Å². The summed E-state index contributed by atoms with van der Waals surface area (Å²) >= 11 is 0. The van der Waals surface area contributed by atoms with Crippen molar-refractivity contribution in [3.8, 4) is 11.5 Å². The Kier molecular flexibility index (Phi) is 9.84. The monoisotopic (exact) mass is 521 g/mol. The highest BCUT2D eigenvalue weighted by Gasteiger charge is 2.26. The van der Waals surface area contributed by atoms with Gasteiger partial charge in [-0.3, -0.25) is 4.21 Å². The molecule has 1 fully saturated rings. The van der Waals surface area contributed by atoms with Crippen LogP contribution in [-0.4, -0.2) is 53.0 Å². The maximum atomic E-state index is 12.2. The predicted octanol–water partition coefficient (Wildman–Crippen LogP) is 3.08. The van der Waals surface area contributed by atoms with E-state index in [0.29, 0.717) is 24.4 Å². The quantitative estimate of drug-likeness (QED) is 0.342. The van der Waals surface area contributed by atoms with Gasteiger partial charge in [0, 0.05) is 34.4 Å². The Bertz CT molecular complexity index is 674. The van der Waals surface area contributed by atoms with Gasteiger partial charge in [-0.2, -0.15) is 0 Å². The first-order chi connectivity index (χ1) is 13.2. The summed E-state index contributed by atoms with van der Waals surface area (Å²) in [7, 11) is -0.718. The second-order valence-electron chi connectivity index (χ2n) is 7.02. The molecule has 1 aromatic rings. The van der Waals surface area contributed by atoms with Gasteiger partial charge in [-0.25, -0.2) is 4.99 Å². The van der Waals surface area contributed by atoms with Gasteiger partial charge in [-0.15, -0.1) is 24.0 Å². The average molecular weight is 521 g/mol. The zero-order valence-corrected chi connectivity index (χ0v) is 19.8. The van der Waals surface area contributed by atoms with Crippen LogP contribution in [0.2, 0.25) is 0 Å². The lowest BCUT2D eigenvalue weighted by molar-refractivity contribution is 0.0971. The number of hydrogen-bond acceptors (Lipinski definition) is 4. The van der Waals surface area contributed by atoms with Gasteiger partial charge in [0.25, 0.3) is 0 Å². The van der Waals surface area contributed by atoms with E-state index < -0.39 is 10.8 Å². The molecule has 0 aromatic heterocycles. The molecule has 28 heavy (non-hydrogen) atoms. The van der Waals surface area contributed by atoms with E-state index in [2.05, 4.69) is 17.6 Å². The van der Waals surface area contributed by atoms with Crippen molar-refractivity contribution in [1.29, 1.82) is 0 Å². The molecule has 1 heterocycles. The summed E-state index contributed by atoms with van der Waals surface area (Å²) in [6, 6.07) is 8.04. The second-order valence-corrected chi connectivity index (χ2v) is 9.02. The van der Waals surface area contributed by atoms with E-state index in [0.717, 1.165) is 55.4 Å². The minimum atomic E-state index is -0.718. The summed E-state index contributed by atoms with van der Waals surface area (Å²) in [6.45, 7) is 5.89. The summed E-state index contributed by atoms with van der Waals surface area (Å²) in [4.78, 5) is 4.71. The standard InChI is InChI=1S/C20H31N3O3S.HI/c1-3-21-20(23-15-8-7-9-17(12-15)27(24)4-2)22-13-16-14-25-18-10-5-6-11-19(18)26-16;/h5-6,10-11,15-17H,3-4,7-9,12-14H2,1-2H3,(H2,21,22,23);1H. The van der Waals surface area contributed by atoms with Crippen molar-refractivity contribution in [2.24, 2.45) is 4.99 Å². The molecule has 8 heteroatoms. The molecule has 6 nitrogen and oxygen atoms in total. The number of para-hydroxylation sites is 2. The highest BCUT2D eigenvalue weighted by Crippen LogP contribution is 2.30. The van der Waals surface area contributed by atoms with Crippen LogP contribution in [0, 0.1) is 0 Å². The van der Waals surface area contributed by atoms with Crippen molar-refractivity contribution in [2.75, 3.05) is 25.4 Å². The first-order valence-electron chi connectivity index (χ1n) is 10.00. The number of aliphatic imine (C=N–C) groups is 1. The number of ether oxygens (including phenoxy) is 2. The molecule has 0 amide bonds. The topological polar surface area (TPSA) is 72.0 Å². The number of rotatable bonds is 6. The lowest BCUT2D eigenvalue weighted by atomic mass is 9.95. The predicted molar refractivity (Wildman–Crippen MR) is 126 cm³/mol. The van der Waals surface area contributed by atoms with Crippen LogP contribution in [0.4, 0.5) is 0 Å². The molecule has 158 valence electrons. The molecule has 2 N–H and O–H groups in total. The molecule has 0 bridgehead atoms. The van der Waals surface area contributed by atoms with Gasteiger partial charge in [0.1, 0.15) is 6.61 Å². The summed E-state index contributed by atoms with van der Waals surface area (Å²) in [5, 5.41) is 7.15. The summed E-state index contributed by atoms with van der Waals surface area (Å²) in [5.41, 5.74) is 0. The Morgan fingerprint density at radius 2 is 2.04 bits per heavy atom. The van der Waals surface area contributed by atoms with Crippen LogP contribution in [0.3, 0.4) is 0 Å². The van der Waals surface area contributed by atoms with Gasteiger partial charge in [0.2, 0.25) is 0 Å². The van der Waals surface area contributed by atoms with Crippen molar-refractivity contribution in [3.63, 3.8) is 0 Å². The number of fused-ring (bicyclic) bond motifs is 1. The molecule has 1 aliphatic heterocycles. The van der Waals surface area contributed by atoms with E-state index in [9.17, 15) is 4.21 Å². The van der Waals surface area contributed by atoms with Crippen LogP contribution < -0.4 is 20.1 Å². The molecular formula is C20H32IN3O3S. The fourth-order valence-corrected chi connectivity index (χ4v) is 4.96. The molecule has 2 aliphatic rings. The van der Waals surface area contributed by atoms with Gasteiger partial charge in [-0.1, -0.05) is 25.5 Å². The van der Waals surface area contributed by atoms with Crippen LogP contribution in [0.25, 0.3) is 0 Å². The molecule has 0 radical (unpaired) electrons. The Labute approximate surface area is 187 Å². The van der Waals surface area contributed by atoms with Crippen LogP contribution in [0.5, 0.6) is 11.5 Å². The first kappa shape index (κ1) is 23.3. The smallest absolute Gasteiger partial charge is 0.191 e. The summed E-state index contributed by atoms with van der Waals surface area (Å²) in [5.74, 6) is 3.11. The Balaban J connectivity index is 0.00000280. The number of nitrogens with one attached hydrogen (secondary N) is 2. The van der Waals surface area contributed by atoms with E-state index >= 15 is 0 Å². The first-order valence-corrected chi connectivity index (χ1v) is 11.4. The fourth-order valence-electron chi connectivity index (χ4n) is 3.61. The molecule has 0 saturated heterocycles. The third kappa shape index (κ3) is 6.50. The fraction of sp³-hybridized carbons (Fsp3) is 0.650. The van der Waals surface area contributed by atoms with Gasteiger partial charge in [-0.05, 0) is 38.3 Å². The van der Waals surface area contributed by atoms with Gasteiger partial charge >= 0.3 is 0 Å². The average Bonchev–Trinajstić information content (AvgIpc) is 2.71. The van der Waals surface area contributed by atoms with Crippen LogP contribution in [-0.2, 0) is 10.8 Å². The van der Waals surface area contributed by atoms with E-state index in [1.165, 1.54) is 0 Å². The zero-order valence-electron chi connectivity index (χ0n) is 16.7. The Hall–Kier alpha value is -1.03. The van der Waals surface area contributed by atoms with Crippen molar-refractivity contribution in [2.45, 2.75) is 56.9 Å². The second kappa shape index (κ2) is 11.8. The SMILES string of the molecule is CCNC(=NCC1COc2ccccc2O1)NC1CCCC(S(=O)CC)C1.I. The molecule has 4 unspecified atom stereocenters. The number of nitrogens with zero attached hydrogens (tertiary/aromatic N) is 1. The van der Waals surface area contributed by atoms with Crippen molar-refractivity contribution < 1.29 is 13.7 Å². The largest absolute Gasteiger partial charge is 0.486 e. The molecule has 3 rings (SSSR count). The Morgan fingerprint density at radius 3 is 2.79 bits per heavy atom. The summed E-state index contributed by atoms with van der Waals surface area (Å²) in [6.07, 6.45) is 4.13. The molecule has 1 aromatic carbocycles. The van der Waals surface area contributed by atoms with E-state index in [1.54, 1.807) is 0 Å². The number of halogens is 1. The van der Waals surface area contributed by atoms with E-state index in [-0.39, 0.29) is 30.1 Å². The number of benzene rings is 1. The molecule has 4 atom stereocenters. The summed E-state index contributed by atoms with van der Waals surface area (Å²) < 4.78 is 23.9. The van der Waals surface area contributed by atoms with Crippen LogP contribution in [0.1, 0.15) is 39.5 Å². The highest BCUT2D eigenvalue weighted by molar-refractivity contribution is 14.0. The lowest BCUT2D eigenvalue weighted by Crippen LogP contribution is -2.47. The number of hydrogen-bond donors (Lipinski definition) is 2. The zero-order chi connectivity index (χ0) is 19.1. The normalized spacial score (nSPS) is 25.4. The van der Waals surface area contributed by atoms with Crippen molar-refractivity contribution in [1.82, 2.24) is 10.6 Å². The maximum Gasteiger partial charge on any atom is 0.191 e. The third-order valence-corrected chi connectivity index (χ3v) is 6.73. The Morgan fingerprint density at radius 1 is 1.25 bits per heavy atom. The third-order valence-electron chi connectivity index (χ3n) is 4.99. The minimum Gasteiger partial charge on any atom is -0.486 e. The highest BCUT2D eigenvalue weighted by atomic mass is 127. The molecule has 0 spiro atoms. The molecule has 1 aliphatic carbocycles. The lowest BCUT2D eigenvalue weighted by Gasteiger charge is -2.30. The molecular weight excluding hydrogens is 489 g/mol.